The standard InChI is InChI=1S/C21H22I2O.C8H8O.C6H3Cl2N.C6H8N.W/c1-12-17(22)10-13-6-2-4-8-15(13)19(12)20-16-9-5-3-7-14(16)11-18(23)21(20)24;1-7-5-3-4-6-8(7)9-2;7-4-2-1-3-5(8)6(4)9;1-5-3-4-6(2)7-5;/h10-11,24H,2-9H2,1H3;1,3-6H,2H3;1-3H;3-4H,1-2H3;/q;;;-1;. The molecule has 1 N–H and O–H groups in total. The molecule has 9 heteroatoms. The third-order valence-corrected chi connectivity index (χ3v) is 13.9. The number of aromatic hydroxyl groups is 1. The van der Waals surface area contributed by atoms with E-state index in [2.05, 4.69) is 77.1 Å². The molecular weight excluding hydrogens is 1060 g/mol. The number of methoxy groups -OCH3 is 1. The molecule has 0 amide bonds. The van der Waals surface area contributed by atoms with Gasteiger partial charge in [-0.3, -0.25) is 0 Å². The van der Waals surface area contributed by atoms with Gasteiger partial charge in [-0.2, -0.15) is 11.4 Å². The van der Waals surface area contributed by atoms with E-state index in [1.54, 1.807) is 19.2 Å². The second kappa shape index (κ2) is 18.8. The molecule has 5 aromatic rings. The van der Waals surface area contributed by atoms with Crippen molar-refractivity contribution >= 4 is 78.5 Å². The van der Waals surface area contributed by atoms with Crippen LogP contribution in [-0.4, -0.2) is 16.6 Å². The van der Waals surface area contributed by atoms with E-state index in [-0.39, 0.29) is 0 Å². The van der Waals surface area contributed by atoms with E-state index in [1.165, 1.54) is 69.1 Å². The Labute approximate surface area is 341 Å². The fourth-order valence-electron chi connectivity index (χ4n) is 6.52. The van der Waals surface area contributed by atoms with Crippen molar-refractivity contribution in [1.29, 1.82) is 0 Å². The molecule has 7 rings (SSSR count). The first kappa shape index (κ1) is 39.4. The van der Waals surface area contributed by atoms with Gasteiger partial charge in [-0.1, -0.05) is 26.0 Å². The predicted octanol–water partition coefficient (Wildman–Crippen LogP) is 12.3. The molecule has 50 heavy (non-hydrogen) atoms. The summed E-state index contributed by atoms with van der Waals surface area (Å²) < 4.78 is 14.3. The minimum absolute atomic E-state index is 0.508. The van der Waals surface area contributed by atoms with Gasteiger partial charge in [-0.15, -0.1) is 0 Å². The van der Waals surface area contributed by atoms with Crippen molar-refractivity contribution in [3.63, 3.8) is 0 Å². The third-order valence-electron chi connectivity index (χ3n) is 8.99. The van der Waals surface area contributed by atoms with Crippen LogP contribution in [0.4, 0.5) is 5.69 Å². The molecular formula is C41H41Cl2I2N2O2W-. The van der Waals surface area contributed by atoms with E-state index in [9.17, 15) is 5.11 Å². The number of para-hydroxylation sites is 1. The van der Waals surface area contributed by atoms with E-state index >= 15 is 0 Å². The first-order valence-corrected chi connectivity index (χ1v) is 22.7. The molecule has 0 fully saturated rings. The Kier molecular flexibility index (Phi) is 14.8. The van der Waals surface area contributed by atoms with Gasteiger partial charge in [-0.05, 0) is 149 Å². The molecule has 0 saturated heterocycles. The van der Waals surface area contributed by atoms with Crippen molar-refractivity contribution in [3.05, 3.63) is 129 Å². The van der Waals surface area contributed by atoms with E-state index in [4.69, 9.17) is 27.9 Å². The van der Waals surface area contributed by atoms with Crippen molar-refractivity contribution in [3.8, 4) is 22.6 Å². The molecule has 2 aliphatic rings. The number of rotatable bonds is 4. The van der Waals surface area contributed by atoms with Gasteiger partial charge in [0.05, 0.1) is 3.57 Å². The van der Waals surface area contributed by atoms with Gasteiger partial charge in [0.2, 0.25) is 0 Å². The fraction of sp³-hybridized carbons (Fsp3) is 0.293. The Morgan fingerprint density at radius 2 is 1.32 bits per heavy atom. The molecule has 4 nitrogen and oxygen atoms in total. The Hall–Kier alpha value is -1.84. The molecule has 4 aromatic carbocycles. The van der Waals surface area contributed by atoms with Crippen LogP contribution in [0.15, 0.2) is 70.2 Å². The van der Waals surface area contributed by atoms with E-state index < -0.39 is 17.9 Å². The minimum atomic E-state index is -1.07. The molecule has 0 aliphatic heterocycles. The molecule has 0 saturated carbocycles. The van der Waals surface area contributed by atoms with Crippen LogP contribution in [0, 0.1) is 27.9 Å². The van der Waals surface area contributed by atoms with Gasteiger partial charge in [0.25, 0.3) is 0 Å². The second-order valence-electron chi connectivity index (χ2n) is 12.5. The molecule has 0 atom stereocenters. The van der Waals surface area contributed by atoms with Gasteiger partial charge >= 0.3 is 130 Å². The zero-order valence-electron chi connectivity index (χ0n) is 28.8. The average molecular weight is 1100 g/mol. The van der Waals surface area contributed by atoms with Gasteiger partial charge in [0.15, 0.2) is 0 Å². The Bertz CT molecular complexity index is 1950. The summed E-state index contributed by atoms with van der Waals surface area (Å²) in [6.45, 7) is 6.22. The largest absolute Gasteiger partial charge is 0.665 e. The Morgan fingerprint density at radius 3 is 1.90 bits per heavy atom. The first-order chi connectivity index (χ1) is 24.1. The summed E-state index contributed by atoms with van der Waals surface area (Å²) in [5.74, 6) is 1.37. The number of aryl methyl sites for hydroxylation is 4. The minimum Gasteiger partial charge on any atom is -0.665 e. The predicted molar refractivity (Wildman–Crippen MR) is 223 cm³/mol. The van der Waals surface area contributed by atoms with Crippen molar-refractivity contribution in [2.45, 2.75) is 72.1 Å². The van der Waals surface area contributed by atoms with Gasteiger partial charge in [0, 0.05) is 9.13 Å². The van der Waals surface area contributed by atoms with Crippen LogP contribution in [0.25, 0.3) is 11.1 Å². The van der Waals surface area contributed by atoms with Crippen LogP contribution in [0.3, 0.4) is 0 Å². The summed E-state index contributed by atoms with van der Waals surface area (Å²) in [7, 11) is 1.67. The molecule has 0 bridgehead atoms. The van der Waals surface area contributed by atoms with Crippen LogP contribution in [0.5, 0.6) is 11.5 Å². The number of phenols is 1. The number of ether oxygens (including phenoxy) is 1. The number of nitrogens with zero attached hydrogens (tertiary/aromatic N) is 2. The summed E-state index contributed by atoms with van der Waals surface area (Å²) in [6.07, 6.45) is 9.68. The summed E-state index contributed by atoms with van der Waals surface area (Å²) in [5, 5.41) is 12.2. The summed E-state index contributed by atoms with van der Waals surface area (Å²) >= 11 is 15.9. The number of fused-ring (bicyclic) bond motifs is 2. The monoisotopic (exact) mass is 1100 g/mol. The van der Waals surface area contributed by atoms with E-state index in [1.807, 2.05) is 56.3 Å². The SMILES string of the molecule is COc1ccccc1[CH]=[W]=[N]c1c(Cl)cccc1Cl.Cc1c(I)cc2c(c1-c1c(O)c(I)cc3c1CCCC3)CCCC2.Cc1ccc(C)[n-]1. The normalized spacial score (nSPS) is 13.0. The zero-order valence-corrected chi connectivity index (χ0v) is 37.5. The van der Waals surface area contributed by atoms with Gasteiger partial charge in [0.1, 0.15) is 5.75 Å². The first-order valence-electron chi connectivity index (χ1n) is 16.8. The van der Waals surface area contributed by atoms with Crippen LogP contribution in [0.1, 0.15) is 70.5 Å². The number of benzene rings is 4. The molecule has 2 aliphatic carbocycles. The van der Waals surface area contributed by atoms with Gasteiger partial charge < -0.3 is 10.1 Å². The van der Waals surface area contributed by atoms with Crippen LogP contribution in [-0.2, 0) is 43.6 Å². The Balaban J connectivity index is 0.000000166. The zero-order chi connectivity index (χ0) is 35.8. The Morgan fingerprint density at radius 1 is 0.760 bits per heavy atom. The van der Waals surface area contributed by atoms with Crippen LogP contribution in [0.2, 0.25) is 10.0 Å². The van der Waals surface area contributed by atoms with E-state index in [0.717, 1.165) is 51.1 Å². The molecule has 0 spiro atoms. The second-order valence-corrected chi connectivity index (χ2v) is 17.9. The van der Waals surface area contributed by atoms with Gasteiger partial charge in [-0.25, -0.2) is 0 Å². The quantitative estimate of drug-likeness (QED) is 0.183. The van der Waals surface area contributed by atoms with Crippen LogP contribution < -0.4 is 9.72 Å². The number of hydrogen-bond donors (Lipinski definition) is 1. The van der Waals surface area contributed by atoms with Crippen molar-refractivity contribution in [2.75, 3.05) is 7.11 Å². The maximum atomic E-state index is 11.0. The number of hydrogen-bond acceptors (Lipinski definition) is 3. The van der Waals surface area contributed by atoms with Crippen molar-refractivity contribution in [1.82, 2.24) is 4.98 Å². The smallest absolute Gasteiger partial charge is 0.137 e. The molecule has 1 heterocycles. The maximum Gasteiger partial charge on any atom is 0.137 e. The summed E-state index contributed by atoms with van der Waals surface area (Å²) in [6, 6.07) is 21.9. The van der Waals surface area contributed by atoms with Crippen molar-refractivity contribution < 1.29 is 27.8 Å². The maximum absolute atomic E-state index is 11.0. The molecule has 1 aromatic heterocycles. The fourth-order valence-corrected chi connectivity index (χ4v) is 11.1. The molecule has 0 unspecified atom stereocenters. The van der Waals surface area contributed by atoms with Crippen molar-refractivity contribution in [2.24, 2.45) is 3.50 Å². The number of halogens is 4. The molecule has 262 valence electrons. The molecule has 0 radical (unpaired) electrons. The topological polar surface area (TPSA) is 55.9 Å². The summed E-state index contributed by atoms with van der Waals surface area (Å²) in [5.41, 5.74) is 13.7. The number of aromatic nitrogens is 1. The van der Waals surface area contributed by atoms with E-state index in [0.29, 0.717) is 21.5 Å². The summed E-state index contributed by atoms with van der Waals surface area (Å²) in [4.78, 5) is 4.11. The average Bonchev–Trinajstić information content (AvgIpc) is 3.50. The number of phenolic OH excluding ortho intramolecular Hbond substituents is 1. The third kappa shape index (κ3) is 9.77. The van der Waals surface area contributed by atoms with Crippen LogP contribution >= 0.6 is 68.4 Å².